The molecule has 0 spiro atoms. The molecule has 1 aromatic heterocycles. The van der Waals surface area contributed by atoms with Crippen molar-refractivity contribution in [2.75, 3.05) is 0 Å². The standard InChI is InChI=1S/C31H26FN3/c32-25-11-7-15-30-31(25)23-10-3-6-14-28(23)34(30)21-16-17-29-24(18-21)22-9-2-5-13-27(22)35(29)26-12-4-1-8-20(26)19-33/h3,5-8,10,12-18,24-25,29H,1-2,4,9,11H2. The Kier molecular flexibility index (Phi) is 4.60. The van der Waals surface area contributed by atoms with Crippen LogP contribution in [-0.2, 0) is 0 Å². The molecule has 1 aliphatic heterocycles. The molecule has 5 aliphatic rings. The van der Waals surface area contributed by atoms with Gasteiger partial charge in [0.05, 0.1) is 28.5 Å². The third-order valence-corrected chi connectivity index (χ3v) is 7.98. The van der Waals surface area contributed by atoms with E-state index in [-0.39, 0.29) is 12.0 Å². The maximum atomic E-state index is 15.1. The molecule has 2 heterocycles. The summed E-state index contributed by atoms with van der Waals surface area (Å²) in [5.41, 5.74) is 8.41. The second kappa shape index (κ2) is 7.85. The lowest BCUT2D eigenvalue weighted by Gasteiger charge is -2.34. The van der Waals surface area contributed by atoms with Crippen molar-refractivity contribution in [3.8, 4) is 6.07 Å². The number of aromatic nitrogens is 1. The normalized spacial score (nSPS) is 26.7. The molecule has 0 N–H and O–H groups in total. The molecule has 4 aliphatic carbocycles. The predicted molar refractivity (Wildman–Crippen MR) is 138 cm³/mol. The number of nitrogens with zero attached hydrogens (tertiary/aromatic N) is 3. The fraction of sp³-hybridized carbons (Fsp3) is 0.258. The summed E-state index contributed by atoms with van der Waals surface area (Å²) >= 11 is 0. The summed E-state index contributed by atoms with van der Waals surface area (Å²) < 4.78 is 17.3. The predicted octanol–water partition coefficient (Wildman–Crippen LogP) is 7.51. The van der Waals surface area contributed by atoms with E-state index < -0.39 is 6.17 Å². The molecular weight excluding hydrogens is 433 g/mol. The molecular formula is C31H26FN3. The molecule has 0 amide bonds. The third-order valence-electron chi connectivity index (χ3n) is 7.98. The Labute approximate surface area is 204 Å². The minimum Gasteiger partial charge on any atom is -0.333 e. The minimum absolute atomic E-state index is 0.148. The number of hydrogen-bond donors (Lipinski definition) is 0. The second-order valence-electron chi connectivity index (χ2n) is 9.84. The number of rotatable bonds is 2. The molecule has 0 radical (unpaired) electrons. The van der Waals surface area contributed by atoms with Gasteiger partial charge in [0.15, 0.2) is 0 Å². The molecule has 3 nitrogen and oxygen atoms in total. The topological polar surface area (TPSA) is 32.0 Å². The van der Waals surface area contributed by atoms with E-state index in [2.05, 4.69) is 70.2 Å². The highest BCUT2D eigenvalue weighted by molar-refractivity contribution is 5.93. The molecule has 0 saturated heterocycles. The number of allylic oxidation sites excluding steroid dienone is 8. The van der Waals surface area contributed by atoms with Crippen molar-refractivity contribution in [1.82, 2.24) is 9.47 Å². The first kappa shape index (κ1) is 20.5. The van der Waals surface area contributed by atoms with Gasteiger partial charge in [-0.1, -0.05) is 54.7 Å². The Morgan fingerprint density at radius 3 is 2.80 bits per heavy atom. The Morgan fingerprint density at radius 2 is 1.89 bits per heavy atom. The van der Waals surface area contributed by atoms with E-state index >= 15 is 4.39 Å². The first-order chi connectivity index (χ1) is 17.3. The minimum atomic E-state index is -0.976. The van der Waals surface area contributed by atoms with Gasteiger partial charge in [-0.15, -0.1) is 0 Å². The zero-order valence-corrected chi connectivity index (χ0v) is 19.5. The Bertz CT molecular complexity index is 1510. The van der Waals surface area contributed by atoms with Crippen molar-refractivity contribution < 1.29 is 4.39 Å². The molecule has 0 bridgehead atoms. The maximum Gasteiger partial charge on any atom is 0.131 e. The zero-order valence-electron chi connectivity index (χ0n) is 19.5. The smallest absolute Gasteiger partial charge is 0.131 e. The fourth-order valence-corrected chi connectivity index (χ4v) is 6.52. The molecule has 2 aromatic rings. The molecule has 3 unspecified atom stereocenters. The second-order valence-corrected chi connectivity index (χ2v) is 9.84. The molecule has 7 rings (SSSR count). The molecule has 4 heteroatoms. The number of para-hydroxylation sites is 1. The zero-order chi connectivity index (χ0) is 23.5. The highest BCUT2D eigenvalue weighted by atomic mass is 19.1. The van der Waals surface area contributed by atoms with Gasteiger partial charge in [-0.25, -0.2) is 4.39 Å². The summed E-state index contributed by atoms with van der Waals surface area (Å²) in [6.07, 6.45) is 23.1. The van der Waals surface area contributed by atoms with Gasteiger partial charge in [-0.05, 0) is 55.6 Å². The SMILES string of the molecule is N#CC1=CCCC=C1N1C2=C(CCC=C2)C2C=C(n3c4c(c5ccccc53)C(F)CC=C4)C=CC21. The van der Waals surface area contributed by atoms with Crippen molar-refractivity contribution in [1.29, 1.82) is 5.26 Å². The van der Waals surface area contributed by atoms with Crippen molar-refractivity contribution >= 4 is 22.7 Å². The largest absolute Gasteiger partial charge is 0.333 e. The highest BCUT2D eigenvalue weighted by Crippen LogP contribution is 2.48. The lowest BCUT2D eigenvalue weighted by atomic mass is 9.86. The lowest BCUT2D eigenvalue weighted by molar-refractivity contribution is 0.347. The van der Waals surface area contributed by atoms with Gasteiger partial charge in [-0.3, -0.25) is 0 Å². The maximum absolute atomic E-state index is 15.1. The van der Waals surface area contributed by atoms with Gasteiger partial charge in [-0.2, -0.15) is 5.26 Å². The third kappa shape index (κ3) is 2.94. The van der Waals surface area contributed by atoms with Crippen LogP contribution < -0.4 is 0 Å². The van der Waals surface area contributed by atoms with Crippen LogP contribution in [0.5, 0.6) is 0 Å². The number of nitriles is 1. The van der Waals surface area contributed by atoms with E-state index in [1.165, 1.54) is 11.3 Å². The van der Waals surface area contributed by atoms with Crippen molar-refractivity contribution in [2.24, 2.45) is 5.92 Å². The average Bonchev–Trinajstić information content (AvgIpc) is 3.42. The molecule has 35 heavy (non-hydrogen) atoms. The molecule has 1 aromatic carbocycles. The van der Waals surface area contributed by atoms with E-state index in [1.54, 1.807) is 0 Å². The van der Waals surface area contributed by atoms with E-state index in [4.69, 9.17) is 0 Å². The van der Waals surface area contributed by atoms with Crippen LogP contribution in [0.15, 0.2) is 95.4 Å². The van der Waals surface area contributed by atoms with E-state index in [1.807, 2.05) is 24.3 Å². The first-order valence-electron chi connectivity index (χ1n) is 12.6. The van der Waals surface area contributed by atoms with Gasteiger partial charge in [0, 0.05) is 34.7 Å². The van der Waals surface area contributed by atoms with Crippen LogP contribution in [0.1, 0.15) is 49.5 Å². The summed E-state index contributed by atoms with van der Waals surface area (Å²) in [5.74, 6) is 0.225. The summed E-state index contributed by atoms with van der Waals surface area (Å²) in [4.78, 5) is 2.38. The van der Waals surface area contributed by atoms with Crippen LogP contribution in [-0.4, -0.2) is 15.5 Å². The van der Waals surface area contributed by atoms with Crippen LogP contribution in [0.4, 0.5) is 4.39 Å². The van der Waals surface area contributed by atoms with E-state index in [9.17, 15) is 5.26 Å². The Hall–Kier alpha value is -3.84. The summed E-state index contributed by atoms with van der Waals surface area (Å²) in [6.45, 7) is 0. The van der Waals surface area contributed by atoms with Gasteiger partial charge in [0.25, 0.3) is 0 Å². The van der Waals surface area contributed by atoms with Crippen LogP contribution in [0, 0.1) is 17.2 Å². The molecule has 3 atom stereocenters. The number of hydrogen-bond acceptors (Lipinski definition) is 2. The summed E-state index contributed by atoms with van der Waals surface area (Å²) in [7, 11) is 0. The Morgan fingerprint density at radius 1 is 1.00 bits per heavy atom. The quantitative estimate of drug-likeness (QED) is 0.465. The van der Waals surface area contributed by atoms with E-state index in [0.717, 1.165) is 64.8 Å². The number of benzene rings is 1. The van der Waals surface area contributed by atoms with Crippen LogP contribution in [0.2, 0.25) is 0 Å². The number of alkyl halides is 1. The molecule has 0 saturated carbocycles. The van der Waals surface area contributed by atoms with Gasteiger partial charge in [0.1, 0.15) is 12.2 Å². The monoisotopic (exact) mass is 459 g/mol. The molecule has 0 fully saturated rings. The van der Waals surface area contributed by atoms with Crippen molar-refractivity contribution in [3.63, 3.8) is 0 Å². The lowest BCUT2D eigenvalue weighted by Crippen LogP contribution is -2.33. The molecule has 172 valence electrons. The summed E-state index contributed by atoms with van der Waals surface area (Å²) in [5, 5.41) is 10.8. The van der Waals surface area contributed by atoms with E-state index in [0.29, 0.717) is 6.42 Å². The van der Waals surface area contributed by atoms with Gasteiger partial charge >= 0.3 is 0 Å². The van der Waals surface area contributed by atoms with Gasteiger partial charge in [0.2, 0.25) is 0 Å². The average molecular weight is 460 g/mol. The number of halogens is 1. The van der Waals surface area contributed by atoms with Crippen LogP contribution >= 0.6 is 0 Å². The van der Waals surface area contributed by atoms with Gasteiger partial charge < -0.3 is 9.47 Å². The summed E-state index contributed by atoms with van der Waals surface area (Å²) in [6, 6.07) is 10.7. The van der Waals surface area contributed by atoms with Crippen LogP contribution in [0.3, 0.4) is 0 Å². The Balaban J connectivity index is 1.38. The first-order valence-corrected chi connectivity index (χ1v) is 12.6. The van der Waals surface area contributed by atoms with Crippen LogP contribution in [0.25, 0.3) is 22.7 Å². The van der Waals surface area contributed by atoms with Crippen molar-refractivity contribution in [2.45, 2.75) is 44.3 Å². The fourth-order valence-electron chi connectivity index (χ4n) is 6.52. The highest BCUT2D eigenvalue weighted by Gasteiger charge is 2.42. The van der Waals surface area contributed by atoms with Crippen molar-refractivity contribution in [3.05, 3.63) is 107 Å². The number of fused-ring (bicyclic) bond motifs is 5.